The fourth-order valence-corrected chi connectivity index (χ4v) is 6.52. The number of amides is 1. The van der Waals surface area contributed by atoms with E-state index in [0.717, 1.165) is 40.3 Å². The maximum absolute atomic E-state index is 13.6. The number of ether oxygens (including phenoxy) is 3. The lowest BCUT2D eigenvalue weighted by Crippen LogP contribution is -2.50. The molecule has 0 saturated carbocycles. The fourth-order valence-electron chi connectivity index (χ4n) is 6.52. The summed E-state index contributed by atoms with van der Waals surface area (Å²) in [6.07, 6.45) is 5.23. The lowest BCUT2D eigenvalue weighted by molar-refractivity contribution is -0.155. The van der Waals surface area contributed by atoms with Crippen molar-refractivity contribution >= 4 is 11.9 Å². The highest BCUT2D eigenvalue weighted by Crippen LogP contribution is 2.53. The predicted molar refractivity (Wildman–Crippen MR) is 125 cm³/mol. The summed E-state index contributed by atoms with van der Waals surface area (Å²) in [5, 5.41) is 0. The van der Waals surface area contributed by atoms with Gasteiger partial charge in [-0.2, -0.15) is 0 Å². The number of nitrogens with zero attached hydrogens (tertiary/aromatic N) is 1. The summed E-state index contributed by atoms with van der Waals surface area (Å²) < 4.78 is 16.6. The Labute approximate surface area is 199 Å². The molecule has 1 fully saturated rings. The first-order valence-corrected chi connectivity index (χ1v) is 12.1. The van der Waals surface area contributed by atoms with Crippen molar-refractivity contribution in [1.82, 2.24) is 4.90 Å². The van der Waals surface area contributed by atoms with E-state index in [0.29, 0.717) is 25.7 Å². The number of hydrogen-bond donors (Lipinski definition) is 0. The molecule has 0 unspecified atom stereocenters. The molecule has 34 heavy (non-hydrogen) atoms. The van der Waals surface area contributed by atoms with E-state index in [2.05, 4.69) is 31.2 Å². The smallest absolute Gasteiger partial charge is 0.312 e. The van der Waals surface area contributed by atoms with Gasteiger partial charge < -0.3 is 19.1 Å². The molecule has 6 heteroatoms. The maximum Gasteiger partial charge on any atom is 0.312 e. The lowest BCUT2D eigenvalue weighted by Gasteiger charge is -2.50. The van der Waals surface area contributed by atoms with Crippen LogP contribution in [-0.4, -0.2) is 30.7 Å². The SMILES string of the molecule is COC(=O)[C@]12CC=C3[C@H](C1)[C@@H](CC(=O)N3[C@H](C)c1ccccc1)Cc1cc3c(cc1C2)OCO3. The van der Waals surface area contributed by atoms with Crippen LogP contribution < -0.4 is 9.47 Å². The molecule has 1 amide bonds. The van der Waals surface area contributed by atoms with Gasteiger partial charge in [-0.05, 0) is 67.3 Å². The van der Waals surface area contributed by atoms with Gasteiger partial charge in [0.05, 0.1) is 18.6 Å². The van der Waals surface area contributed by atoms with E-state index in [1.54, 1.807) is 0 Å². The Morgan fingerprint density at radius 3 is 2.59 bits per heavy atom. The third-order valence-electron chi connectivity index (χ3n) is 8.24. The summed E-state index contributed by atoms with van der Waals surface area (Å²) in [6.45, 7) is 2.30. The van der Waals surface area contributed by atoms with Gasteiger partial charge in [-0.15, -0.1) is 0 Å². The Balaban J connectivity index is 1.45. The molecule has 0 spiro atoms. The number of hydrogen-bond acceptors (Lipinski definition) is 5. The molecule has 0 aromatic heterocycles. The molecule has 6 rings (SSSR count). The van der Waals surface area contributed by atoms with Crippen molar-refractivity contribution in [2.75, 3.05) is 13.9 Å². The number of methoxy groups -OCH3 is 1. The summed E-state index contributed by atoms with van der Waals surface area (Å²) in [6, 6.07) is 14.2. The number of carbonyl (C=O) groups excluding carboxylic acids is 2. The van der Waals surface area contributed by atoms with Crippen LogP contribution in [0.4, 0.5) is 0 Å². The Bertz CT molecular complexity index is 1190. The zero-order valence-electron chi connectivity index (χ0n) is 19.6. The molecule has 2 heterocycles. The van der Waals surface area contributed by atoms with Crippen molar-refractivity contribution in [3.63, 3.8) is 0 Å². The topological polar surface area (TPSA) is 65.1 Å². The monoisotopic (exact) mass is 459 g/mol. The maximum atomic E-state index is 13.6. The normalized spacial score (nSPS) is 27.8. The molecule has 2 aromatic carbocycles. The molecule has 2 aromatic rings. The Morgan fingerprint density at radius 1 is 1.12 bits per heavy atom. The molecule has 1 saturated heterocycles. The van der Waals surface area contributed by atoms with Gasteiger partial charge in [-0.25, -0.2) is 0 Å². The first-order chi connectivity index (χ1) is 16.5. The number of fused-ring (bicyclic) bond motifs is 3. The Hall–Kier alpha value is -3.28. The standard InChI is InChI=1S/C28H29NO5/c1-17(18-6-4-3-5-7-18)29-23-8-9-28(27(31)32-2)14-21-12-25-24(33-16-34-25)11-19(21)10-20(13-26(29)30)22(23)15-28/h3-8,11-12,17,20,22H,9-10,13-16H2,1-2H3/t17-,20-,22-,28+/m1/s1. The van der Waals surface area contributed by atoms with Crippen LogP contribution in [0.25, 0.3) is 0 Å². The molecular weight excluding hydrogens is 430 g/mol. The molecule has 4 aliphatic rings. The van der Waals surface area contributed by atoms with E-state index in [4.69, 9.17) is 14.2 Å². The fraction of sp³-hybridized carbons (Fsp3) is 0.429. The highest BCUT2D eigenvalue weighted by Gasteiger charge is 2.52. The van der Waals surface area contributed by atoms with Gasteiger partial charge in [0.2, 0.25) is 12.7 Å². The quantitative estimate of drug-likeness (QED) is 0.629. The van der Waals surface area contributed by atoms with Crippen LogP contribution in [0.3, 0.4) is 0 Å². The van der Waals surface area contributed by atoms with Crippen molar-refractivity contribution < 1.29 is 23.8 Å². The summed E-state index contributed by atoms with van der Waals surface area (Å²) >= 11 is 0. The van der Waals surface area contributed by atoms with E-state index in [1.165, 1.54) is 7.11 Å². The Kier molecular flexibility index (Phi) is 4.94. The van der Waals surface area contributed by atoms with E-state index >= 15 is 0 Å². The van der Waals surface area contributed by atoms with Crippen molar-refractivity contribution in [1.29, 1.82) is 0 Å². The van der Waals surface area contributed by atoms with Gasteiger partial charge in [0.25, 0.3) is 0 Å². The zero-order chi connectivity index (χ0) is 23.4. The van der Waals surface area contributed by atoms with Crippen LogP contribution in [0.2, 0.25) is 0 Å². The highest BCUT2D eigenvalue weighted by molar-refractivity contribution is 5.82. The molecular formula is C28H29NO5. The van der Waals surface area contributed by atoms with Gasteiger partial charge in [-0.1, -0.05) is 36.4 Å². The van der Waals surface area contributed by atoms with Crippen molar-refractivity contribution in [3.05, 3.63) is 70.9 Å². The van der Waals surface area contributed by atoms with Crippen LogP contribution >= 0.6 is 0 Å². The lowest BCUT2D eigenvalue weighted by atomic mass is 9.60. The minimum absolute atomic E-state index is 0.0573. The van der Waals surface area contributed by atoms with Crippen LogP contribution in [0.1, 0.15) is 48.9 Å². The van der Waals surface area contributed by atoms with Gasteiger partial charge in [0.15, 0.2) is 11.5 Å². The second-order valence-corrected chi connectivity index (χ2v) is 10.1. The molecule has 2 aliphatic heterocycles. The third kappa shape index (κ3) is 3.23. The molecule has 2 bridgehead atoms. The first kappa shape index (κ1) is 21.3. The summed E-state index contributed by atoms with van der Waals surface area (Å²) in [7, 11) is 1.47. The van der Waals surface area contributed by atoms with E-state index in [1.807, 2.05) is 29.2 Å². The van der Waals surface area contributed by atoms with Gasteiger partial charge in [-0.3, -0.25) is 9.59 Å². The molecule has 0 N–H and O–H groups in total. The van der Waals surface area contributed by atoms with Crippen LogP contribution in [0, 0.1) is 17.3 Å². The largest absolute Gasteiger partial charge is 0.469 e. The van der Waals surface area contributed by atoms with E-state index in [-0.39, 0.29) is 36.5 Å². The van der Waals surface area contributed by atoms with E-state index in [9.17, 15) is 9.59 Å². The summed E-state index contributed by atoms with van der Waals surface area (Å²) in [4.78, 5) is 28.8. The second-order valence-electron chi connectivity index (χ2n) is 10.1. The number of allylic oxidation sites excluding steroid dienone is 2. The number of rotatable bonds is 3. The first-order valence-electron chi connectivity index (χ1n) is 12.1. The zero-order valence-corrected chi connectivity index (χ0v) is 19.6. The number of benzene rings is 2. The van der Waals surface area contributed by atoms with Gasteiger partial charge >= 0.3 is 5.97 Å². The van der Waals surface area contributed by atoms with Gasteiger partial charge in [0.1, 0.15) is 0 Å². The molecule has 0 radical (unpaired) electrons. The number of likely N-dealkylation sites (tertiary alicyclic amines) is 1. The molecule has 2 aliphatic carbocycles. The summed E-state index contributed by atoms with van der Waals surface area (Å²) in [5.74, 6) is 1.69. The predicted octanol–water partition coefficient (Wildman–Crippen LogP) is 4.58. The number of carbonyl (C=O) groups is 2. The third-order valence-corrected chi connectivity index (χ3v) is 8.24. The minimum Gasteiger partial charge on any atom is -0.469 e. The average Bonchev–Trinajstić information content (AvgIpc) is 3.30. The van der Waals surface area contributed by atoms with Crippen molar-refractivity contribution in [3.8, 4) is 11.5 Å². The van der Waals surface area contributed by atoms with Crippen LogP contribution in [-0.2, 0) is 27.2 Å². The molecule has 176 valence electrons. The van der Waals surface area contributed by atoms with Gasteiger partial charge in [0, 0.05) is 18.0 Å². The van der Waals surface area contributed by atoms with Crippen LogP contribution in [0.15, 0.2) is 54.2 Å². The van der Waals surface area contributed by atoms with E-state index < -0.39 is 5.41 Å². The number of piperidine rings is 1. The Morgan fingerprint density at radius 2 is 1.85 bits per heavy atom. The summed E-state index contributed by atoms with van der Waals surface area (Å²) in [5.41, 5.74) is 3.78. The average molecular weight is 460 g/mol. The van der Waals surface area contributed by atoms with Crippen LogP contribution in [0.5, 0.6) is 11.5 Å². The molecule has 6 nitrogen and oxygen atoms in total. The van der Waals surface area contributed by atoms with Crippen molar-refractivity contribution in [2.24, 2.45) is 17.3 Å². The highest BCUT2D eigenvalue weighted by atomic mass is 16.7. The minimum atomic E-state index is -0.647. The molecule has 4 atom stereocenters. The second kappa shape index (κ2) is 7.90. The van der Waals surface area contributed by atoms with Crippen molar-refractivity contribution in [2.45, 2.75) is 45.1 Å². The number of esters is 1.